The third-order valence-electron chi connectivity index (χ3n) is 2.86. The highest BCUT2D eigenvalue weighted by atomic mass is 35.5. The van der Waals surface area contributed by atoms with Crippen LogP contribution in [0.5, 0.6) is 0 Å². The van der Waals surface area contributed by atoms with E-state index in [0.717, 1.165) is 10.9 Å². The summed E-state index contributed by atoms with van der Waals surface area (Å²) in [6, 6.07) is 12.4. The van der Waals surface area contributed by atoms with E-state index in [1.165, 1.54) is 0 Å². The number of carbonyl (C=O) groups excluding carboxylic acids is 1. The van der Waals surface area contributed by atoms with Gasteiger partial charge in [-0.1, -0.05) is 17.7 Å². The van der Waals surface area contributed by atoms with Gasteiger partial charge in [0.25, 0.3) is 5.91 Å². The number of aromatic nitrogens is 2. The van der Waals surface area contributed by atoms with Crippen molar-refractivity contribution >= 4 is 34.2 Å². The molecule has 3 aromatic rings. The Kier molecular flexibility index (Phi) is 3.31. The topological polar surface area (TPSA) is 54.9 Å². The lowest BCUT2D eigenvalue weighted by molar-refractivity contribution is 0.102. The summed E-state index contributed by atoms with van der Waals surface area (Å²) >= 11 is 5.96. The van der Waals surface area contributed by atoms with Crippen LogP contribution in [0.25, 0.3) is 10.9 Å². The van der Waals surface area contributed by atoms with Gasteiger partial charge in [0, 0.05) is 23.3 Å². The van der Waals surface area contributed by atoms with Gasteiger partial charge in [0.15, 0.2) is 5.82 Å². The maximum Gasteiger partial charge on any atom is 0.256 e. The van der Waals surface area contributed by atoms with E-state index in [4.69, 9.17) is 11.6 Å². The van der Waals surface area contributed by atoms with Crippen molar-refractivity contribution in [3.63, 3.8) is 0 Å². The van der Waals surface area contributed by atoms with Gasteiger partial charge < -0.3 is 5.32 Å². The molecule has 0 unspecified atom stereocenters. The van der Waals surface area contributed by atoms with Gasteiger partial charge in [-0.05, 0) is 36.4 Å². The van der Waals surface area contributed by atoms with Gasteiger partial charge in [-0.3, -0.25) is 9.78 Å². The number of hydrogen-bond donors (Lipinski definition) is 1. The summed E-state index contributed by atoms with van der Waals surface area (Å²) in [7, 11) is 0. The molecule has 0 atom stereocenters. The summed E-state index contributed by atoms with van der Waals surface area (Å²) in [6.45, 7) is 0. The second-order valence-corrected chi connectivity index (χ2v) is 4.61. The number of fused-ring (bicyclic) bond motifs is 1. The number of amides is 1. The first kappa shape index (κ1) is 12.6. The zero-order valence-electron chi connectivity index (χ0n) is 10.4. The van der Waals surface area contributed by atoms with E-state index in [1.807, 2.05) is 18.2 Å². The van der Waals surface area contributed by atoms with Crippen LogP contribution in [-0.4, -0.2) is 15.9 Å². The van der Waals surface area contributed by atoms with Crippen LogP contribution in [-0.2, 0) is 0 Å². The van der Waals surface area contributed by atoms with Crippen molar-refractivity contribution in [3.8, 4) is 0 Å². The van der Waals surface area contributed by atoms with Gasteiger partial charge in [0.1, 0.15) is 0 Å². The van der Waals surface area contributed by atoms with E-state index in [2.05, 4.69) is 15.3 Å². The van der Waals surface area contributed by atoms with Crippen molar-refractivity contribution in [2.24, 2.45) is 0 Å². The van der Waals surface area contributed by atoms with E-state index in [1.54, 1.807) is 36.7 Å². The first-order chi connectivity index (χ1) is 9.74. The highest BCUT2D eigenvalue weighted by Crippen LogP contribution is 2.19. The van der Waals surface area contributed by atoms with Crippen LogP contribution >= 0.6 is 11.6 Å². The van der Waals surface area contributed by atoms with Crippen LogP contribution in [0, 0.1) is 0 Å². The molecule has 20 heavy (non-hydrogen) atoms. The summed E-state index contributed by atoms with van der Waals surface area (Å²) in [5, 5.41) is 4.00. The number of hydrogen-bond acceptors (Lipinski definition) is 3. The lowest BCUT2D eigenvalue weighted by Crippen LogP contribution is -2.13. The molecule has 1 amide bonds. The molecule has 1 aromatic carbocycles. The van der Waals surface area contributed by atoms with E-state index in [-0.39, 0.29) is 5.91 Å². The normalized spacial score (nSPS) is 10.4. The van der Waals surface area contributed by atoms with Crippen molar-refractivity contribution < 1.29 is 4.79 Å². The quantitative estimate of drug-likeness (QED) is 0.783. The Morgan fingerprint density at radius 2 is 1.85 bits per heavy atom. The number of nitrogens with zero attached hydrogens (tertiary/aromatic N) is 2. The van der Waals surface area contributed by atoms with E-state index in [0.29, 0.717) is 16.4 Å². The van der Waals surface area contributed by atoms with Crippen LogP contribution in [0.15, 0.2) is 54.9 Å². The van der Waals surface area contributed by atoms with Crippen LogP contribution < -0.4 is 5.32 Å². The SMILES string of the molecule is O=C(Nc1ncccc1Cl)c1ccc2ncccc2c1. The molecule has 0 radical (unpaired) electrons. The van der Waals surface area contributed by atoms with Crippen molar-refractivity contribution in [3.05, 3.63) is 65.4 Å². The fraction of sp³-hybridized carbons (Fsp3) is 0. The number of carbonyl (C=O) groups is 1. The Balaban J connectivity index is 1.91. The maximum atomic E-state index is 12.2. The summed E-state index contributed by atoms with van der Waals surface area (Å²) in [5.41, 5.74) is 1.38. The Hall–Kier alpha value is -2.46. The highest BCUT2D eigenvalue weighted by molar-refractivity contribution is 6.33. The van der Waals surface area contributed by atoms with Crippen molar-refractivity contribution in [1.29, 1.82) is 0 Å². The molecule has 0 saturated heterocycles. The van der Waals surface area contributed by atoms with Crippen LogP contribution in [0.2, 0.25) is 5.02 Å². The molecule has 1 N–H and O–H groups in total. The zero-order valence-corrected chi connectivity index (χ0v) is 11.1. The first-order valence-electron chi connectivity index (χ1n) is 6.01. The van der Waals surface area contributed by atoms with Gasteiger partial charge in [-0.25, -0.2) is 4.98 Å². The van der Waals surface area contributed by atoms with E-state index >= 15 is 0 Å². The molecular formula is C15H10ClN3O. The predicted octanol–water partition coefficient (Wildman–Crippen LogP) is 3.54. The monoisotopic (exact) mass is 283 g/mol. The Bertz CT molecular complexity index is 789. The summed E-state index contributed by atoms with van der Waals surface area (Å²) in [5.74, 6) is 0.0989. The molecular weight excluding hydrogens is 274 g/mol. The van der Waals surface area contributed by atoms with Gasteiger partial charge in [-0.2, -0.15) is 0 Å². The Labute approximate surface area is 120 Å². The van der Waals surface area contributed by atoms with Crippen molar-refractivity contribution in [2.75, 3.05) is 5.32 Å². The van der Waals surface area contributed by atoms with Crippen molar-refractivity contribution in [2.45, 2.75) is 0 Å². The summed E-state index contributed by atoms with van der Waals surface area (Å²) < 4.78 is 0. The van der Waals surface area contributed by atoms with Crippen LogP contribution in [0.1, 0.15) is 10.4 Å². The van der Waals surface area contributed by atoms with Gasteiger partial charge >= 0.3 is 0 Å². The Morgan fingerprint density at radius 1 is 1.05 bits per heavy atom. The highest BCUT2D eigenvalue weighted by Gasteiger charge is 2.09. The second kappa shape index (κ2) is 5.27. The minimum absolute atomic E-state index is 0.253. The molecule has 0 aliphatic rings. The lowest BCUT2D eigenvalue weighted by Gasteiger charge is -2.06. The molecule has 5 heteroatoms. The molecule has 98 valence electrons. The van der Waals surface area contributed by atoms with Crippen LogP contribution in [0.4, 0.5) is 5.82 Å². The van der Waals surface area contributed by atoms with Gasteiger partial charge in [-0.15, -0.1) is 0 Å². The minimum atomic E-state index is -0.253. The fourth-order valence-corrected chi connectivity index (χ4v) is 2.04. The molecule has 0 spiro atoms. The summed E-state index contributed by atoms with van der Waals surface area (Å²) in [4.78, 5) is 20.4. The van der Waals surface area contributed by atoms with Gasteiger partial charge in [0.05, 0.1) is 10.5 Å². The summed E-state index contributed by atoms with van der Waals surface area (Å²) in [6.07, 6.45) is 3.29. The van der Waals surface area contributed by atoms with Crippen molar-refractivity contribution in [1.82, 2.24) is 9.97 Å². The minimum Gasteiger partial charge on any atom is -0.305 e. The molecule has 2 aromatic heterocycles. The predicted molar refractivity (Wildman–Crippen MR) is 78.9 cm³/mol. The van der Waals surface area contributed by atoms with Crippen LogP contribution in [0.3, 0.4) is 0 Å². The number of rotatable bonds is 2. The molecule has 0 aliphatic heterocycles. The fourth-order valence-electron chi connectivity index (χ4n) is 1.87. The van der Waals surface area contributed by atoms with E-state index in [9.17, 15) is 4.79 Å². The number of benzene rings is 1. The molecule has 3 rings (SSSR count). The Morgan fingerprint density at radius 3 is 2.70 bits per heavy atom. The lowest BCUT2D eigenvalue weighted by atomic mass is 10.1. The molecule has 0 fully saturated rings. The molecule has 2 heterocycles. The first-order valence-corrected chi connectivity index (χ1v) is 6.38. The molecule has 0 saturated carbocycles. The standard InChI is InChI=1S/C15H10ClN3O/c16-12-4-2-8-18-14(12)19-15(20)11-5-6-13-10(9-11)3-1-7-17-13/h1-9H,(H,18,19,20). The number of halogens is 1. The molecule has 4 nitrogen and oxygen atoms in total. The maximum absolute atomic E-state index is 12.2. The molecule has 0 aliphatic carbocycles. The number of nitrogens with one attached hydrogen (secondary N) is 1. The third kappa shape index (κ3) is 2.46. The van der Waals surface area contributed by atoms with Gasteiger partial charge in [0.2, 0.25) is 0 Å². The second-order valence-electron chi connectivity index (χ2n) is 4.20. The third-order valence-corrected chi connectivity index (χ3v) is 3.16. The molecule has 0 bridgehead atoms. The smallest absolute Gasteiger partial charge is 0.256 e. The number of anilines is 1. The number of pyridine rings is 2. The largest absolute Gasteiger partial charge is 0.305 e. The average molecular weight is 284 g/mol. The average Bonchev–Trinajstić information content (AvgIpc) is 2.49. The van der Waals surface area contributed by atoms with E-state index < -0.39 is 0 Å². The zero-order chi connectivity index (χ0) is 13.9.